The normalized spacial score (nSPS) is 13.0. The van der Waals surface area contributed by atoms with Crippen LogP contribution in [0.15, 0.2) is 30.3 Å². The highest BCUT2D eigenvalue weighted by molar-refractivity contribution is 7.47. The van der Waals surface area contributed by atoms with Crippen molar-refractivity contribution in [3.63, 3.8) is 0 Å². The van der Waals surface area contributed by atoms with E-state index in [1.54, 1.807) is 0 Å². The van der Waals surface area contributed by atoms with Crippen molar-refractivity contribution in [3.05, 3.63) is 30.3 Å². The zero-order chi connectivity index (χ0) is 13.8. The van der Waals surface area contributed by atoms with Crippen molar-refractivity contribution in [1.29, 1.82) is 0 Å². The van der Waals surface area contributed by atoms with Crippen LogP contribution in [0.5, 0.6) is 0 Å². The fourth-order valence-electron chi connectivity index (χ4n) is 1.81. The van der Waals surface area contributed by atoms with Crippen molar-refractivity contribution in [2.24, 2.45) is 0 Å². The highest BCUT2D eigenvalue weighted by Gasteiger charge is 2.25. The summed E-state index contributed by atoms with van der Waals surface area (Å²) >= 11 is 0. The summed E-state index contributed by atoms with van der Waals surface area (Å²) in [5.74, 6) is 0.368. The lowest BCUT2D eigenvalue weighted by atomic mass is 10.1. The molecule has 0 spiro atoms. The molecule has 0 saturated heterocycles. The van der Waals surface area contributed by atoms with Crippen molar-refractivity contribution in [2.75, 3.05) is 0 Å². The highest BCUT2D eigenvalue weighted by atomic mass is 127. The van der Waals surface area contributed by atoms with E-state index < -0.39 is 0 Å². The quantitative estimate of drug-likeness (QED) is 0.420. The summed E-state index contributed by atoms with van der Waals surface area (Å²) in [6.45, 7) is 13.3. The molecule has 0 aromatic heterocycles. The van der Waals surface area contributed by atoms with Gasteiger partial charge in [-0.15, -0.1) is 0 Å². The van der Waals surface area contributed by atoms with Crippen LogP contribution in [-0.2, 0) is 0 Å². The van der Waals surface area contributed by atoms with Crippen LogP contribution >= 0.6 is 8.58 Å². The summed E-state index contributed by atoms with van der Waals surface area (Å²) in [5, 5.41) is 8.82. The Hall–Kier alpha value is 0.300. The minimum Gasteiger partial charge on any atom is -1.00 e. The molecular weight excluding hydrogens is 366 g/mol. The second-order valence-electron chi connectivity index (χ2n) is 6.84. The SMILES string of the molecule is CC(C)(C)NC(NC(C)(C)C)[PH2+]c1ccccc1.[I-]. The first kappa shape index (κ1) is 19.3. The van der Waals surface area contributed by atoms with Crippen LogP contribution in [0.25, 0.3) is 0 Å². The molecule has 1 rings (SSSR count). The number of benzene rings is 1. The van der Waals surface area contributed by atoms with Crippen molar-refractivity contribution in [3.8, 4) is 0 Å². The maximum atomic E-state index is 3.69. The van der Waals surface area contributed by atoms with E-state index in [0.29, 0.717) is 5.91 Å². The molecule has 0 aliphatic rings. The Morgan fingerprint density at radius 3 is 1.63 bits per heavy atom. The van der Waals surface area contributed by atoms with Crippen LogP contribution in [0.4, 0.5) is 0 Å². The van der Waals surface area contributed by atoms with E-state index in [9.17, 15) is 0 Å². The van der Waals surface area contributed by atoms with Gasteiger partial charge in [-0.3, -0.25) is 10.6 Å². The molecule has 4 heteroatoms. The molecular formula is C15H28IN2P. The van der Waals surface area contributed by atoms with E-state index in [-0.39, 0.29) is 43.6 Å². The van der Waals surface area contributed by atoms with Gasteiger partial charge in [-0.1, -0.05) is 18.2 Å². The van der Waals surface area contributed by atoms with E-state index in [4.69, 9.17) is 0 Å². The third-order valence-electron chi connectivity index (χ3n) is 2.34. The van der Waals surface area contributed by atoms with E-state index in [1.807, 2.05) is 0 Å². The molecule has 2 nitrogen and oxygen atoms in total. The summed E-state index contributed by atoms with van der Waals surface area (Å²) in [7, 11) is 0.171. The van der Waals surface area contributed by atoms with Gasteiger partial charge >= 0.3 is 0 Å². The molecule has 1 aromatic carbocycles. The smallest absolute Gasteiger partial charge is 0.173 e. The van der Waals surface area contributed by atoms with Crippen molar-refractivity contribution < 1.29 is 24.0 Å². The van der Waals surface area contributed by atoms with Gasteiger partial charge < -0.3 is 24.0 Å². The third-order valence-corrected chi connectivity index (χ3v) is 3.77. The molecule has 1 atom stereocenters. The lowest BCUT2D eigenvalue weighted by Crippen LogP contribution is -3.00. The molecule has 0 aliphatic heterocycles. The molecule has 19 heavy (non-hydrogen) atoms. The minimum atomic E-state index is 0. The van der Waals surface area contributed by atoms with E-state index in [2.05, 4.69) is 82.5 Å². The van der Waals surface area contributed by atoms with Crippen LogP contribution < -0.4 is 39.9 Å². The molecule has 1 aromatic rings. The second-order valence-corrected chi connectivity index (χ2v) is 8.51. The van der Waals surface area contributed by atoms with Gasteiger partial charge in [0.05, 0.1) is 13.9 Å². The fourth-order valence-corrected chi connectivity index (χ4v) is 3.81. The topological polar surface area (TPSA) is 24.1 Å². The first-order valence-electron chi connectivity index (χ1n) is 6.61. The maximum absolute atomic E-state index is 3.69. The third kappa shape index (κ3) is 9.78. The molecule has 1 unspecified atom stereocenters. The molecule has 0 fully saturated rings. The standard InChI is InChI=1S/C15H27N2P.HI/c1-14(2,3)16-13(17-15(4,5)6)18-12-10-8-7-9-11-12;/h7-11,13,16-18H,1-6H3;1H. The fraction of sp³-hybridized carbons (Fsp3) is 0.600. The molecule has 0 saturated carbocycles. The zero-order valence-electron chi connectivity index (χ0n) is 12.9. The molecule has 0 radical (unpaired) electrons. The monoisotopic (exact) mass is 394 g/mol. The molecule has 0 amide bonds. The van der Waals surface area contributed by atoms with Gasteiger partial charge in [-0.2, -0.15) is 0 Å². The number of hydrogen-bond donors (Lipinski definition) is 2. The van der Waals surface area contributed by atoms with Crippen molar-refractivity contribution in [2.45, 2.75) is 58.5 Å². The molecule has 0 aliphatic carbocycles. The summed E-state index contributed by atoms with van der Waals surface area (Å²) in [6.07, 6.45) is 0. The van der Waals surface area contributed by atoms with Gasteiger partial charge in [0.25, 0.3) is 0 Å². The second kappa shape index (κ2) is 7.92. The van der Waals surface area contributed by atoms with Crippen LogP contribution in [0.2, 0.25) is 0 Å². The van der Waals surface area contributed by atoms with Gasteiger partial charge in [0.15, 0.2) is 5.91 Å². The predicted molar refractivity (Wildman–Crippen MR) is 85.4 cm³/mol. The first-order chi connectivity index (χ1) is 8.16. The Morgan fingerprint density at radius 2 is 1.26 bits per heavy atom. The average molecular weight is 394 g/mol. The Kier molecular flexibility index (Phi) is 8.04. The lowest BCUT2D eigenvalue weighted by molar-refractivity contribution is -0.00000567. The Labute approximate surface area is 137 Å². The Bertz CT molecular complexity index is 339. The van der Waals surface area contributed by atoms with Gasteiger partial charge in [0.2, 0.25) is 0 Å². The number of hydrogen-bond acceptors (Lipinski definition) is 2. The number of nitrogens with one attached hydrogen (secondary N) is 2. The largest absolute Gasteiger partial charge is 1.00 e. The molecule has 0 heterocycles. The molecule has 110 valence electrons. The predicted octanol–water partition coefficient (Wildman–Crippen LogP) is -0.213. The summed E-state index contributed by atoms with van der Waals surface area (Å²) in [6, 6.07) is 10.8. The zero-order valence-corrected chi connectivity index (χ0v) is 16.2. The van der Waals surface area contributed by atoms with Crippen LogP contribution in [0, 0.1) is 0 Å². The van der Waals surface area contributed by atoms with E-state index in [1.165, 1.54) is 5.30 Å². The Balaban J connectivity index is 0.00000324. The maximum Gasteiger partial charge on any atom is 0.173 e. The van der Waals surface area contributed by atoms with Crippen molar-refractivity contribution >= 4 is 13.9 Å². The van der Waals surface area contributed by atoms with E-state index >= 15 is 0 Å². The summed E-state index contributed by atoms with van der Waals surface area (Å²) in [5.41, 5.74) is 0.259. The van der Waals surface area contributed by atoms with Crippen LogP contribution in [0.1, 0.15) is 41.5 Å². The summed E-state index contributed by atoms with van der Waals surface area (Å²) < 4.78 is 0. The Morgan fingerprint density at radius 1 is 0.842 bits per heavy atom. The van der Waals surface area contributed by atoms with Gasteiger partial charge in [-0.25, -0.2) is 0 Å². The van der Waals surface area contributed by atoms with Gasteiger partial charge in [0, 0.05) is 11.1 Å². The van der Waals surface area contributed by atoms with Gasteiger partial charge in [0.1, 0.15) is 0 Å². The number of rotatable bonds is 4. The summed E-state index contributed by atoms with van der Waals surface area (Å²) in [4.78, 5) is 0. The van der Waals surface area contributed by atoms with Gasteiger partial charge in [-0.05, 0) is 53.7 Å². The van der Waals surface area contributed by atoms with Crippen LogP contribution in [-0.4, -0.2) is 17.0 Å². The lowest BCUT2D eigenvalue weighted by Gasteiger charge is -2.31. The minimum absolute atomic E-state index is 0. The first-order valence-corrected chi connectivity index (χ1v) is 7.85. The highest BCUT2D eigenvalue weighted by Crippen LogP contribution is 2.19. The van der Waals surface area contributed by atoms with E-state index in [0.717, 1.165) is 0 Å². The van der Waals surface area contributed by atoms with Crippen LogP contribution in [0.3, 0.4) is 0 Å². The molecule has 2 N–H and O–H groups in total. The average Bonchev–Trinajstić information content (AvgIpc) is 2.13. The number of halogens is 1. The molecule has 0 bridgehead atoms. The van der Waals surface area contributed by atoms with Crippen molar-refractivity contribution in [1.82, 2.24) is 10.6 Å².